The monoisotopic (exact) mass is 228 g/mol. The van der Waals surface area contributed by atoms with Crippen molar-refractivity contribution in [2.75, 3.05) is 0 Å². The summed E-state index contributed by atoms with van der Waals surface area (Å²) in [6, 6.07) is 10.7. The molecule has 0 spiro atoms. The van der Waals surface area contributed by atoms with Gasteiger partial charge in [0.15, 0.2) is 0 Å². The Hall–Kier alpha value is -1.45. The maximum absolute atomic E-state index is 9.24. The molecule has 2 aromatic rings. The van der Waals surface area contributed by atoms with Crippen molar-refractivity contribution < 1.29 is 5.11 Å². The van der Waals surface area contributed by atoms with E-state index in [0.717, 1.165) is 24.9 Å². The summed E-state index contributed by atoms with van der Waals surface area (Å²) in [6.45, 7) is 0.848. The van der Waals surface area contributed by atoms with Crippen molar-refractivity contribution >= 4 is 10.9 Å². The smallest absolute Gasteiger partial charge is 0.0705 e. The molecule has 0 aliphatic heterocycles. The van der Waals surface area contributed by atoms with Gasteiger partial charge in [-0.1, -0.05) is 18.2 Å². The summed E-state index contributed by atoms with van der Waals surface area (Å²) in [7, 11) is 0. The molecule has 88 valence electrons. The lowest BCUT2D eigenvalue weighted by Crippen LogP contribution is -2.43. The van der Waals surface area contributed by atoms with E-state index in [4.69, 9.17) is 0 Å². The van der Waals surface area contributed by atoms with Gasteiger partial charge < -0.3 is 10.4 Å². The number of aliphatic hydroxyl groups is 1. The van der Waals surface area contributed by atoms with Crippen LogP contribution in [0.15, 0.2) is 36.5 Å². The fraction of sp³-hybridized carbons (Fsp3) is 0.357. The Morgan fingerprint density at radius 1 is 1.24 bits per heavy atom. The summed E-state index contributed by atoms with van der Waals surface area (Å²) in [5.41, 5.74) is 2.32. The number of nitrogens with one attached hydrogen (secondary N) is 1. The number of hydrogen-bond donors (Lipinski definition) is 2. The predicted molar refractivity (Wildman–Crippen MR) is 67.6 cm³/mol. The van der Waals surface area contributed by atoms with Crippen LogP contribution in [0, 0.1) is 0 Å². The van der Waals surface area contributed by atoms with E-state index in [-0.39, 0.29) is 6.10 Å². The molecular weight excluding hydrogens is 212 g/mol. The molecule has 0 unspecified atom stereocenters. The molecule has 0 bridgehead atoms. The highest BCUT2D eigenvalue weighted by Crippen LogP contribution is 2.21. The van der Waals surface area contributed by atoms with Crippen LogP contribution in [0.3, 0.4) is 0 Å². The second kappa shape index (κ2) is 4.43. The number of pyridine rings is 1. The predicted octanol–water partition coefficient (Wildman–Crippen LogP) is 1.85. The van der Waals surface area contributed by atoms with Gasteiger partial charge in [0.05, 0.1) is 11.6 Å². The van der Waals surface area contributed by atoms with Gasteiger partial charge in [-0.2, -0.15) is 0 Å². The molecule has 1 aliphatic carbocycles. The number of fused-ring (bicyclic) bond motifs is 1. The van der Waals surface area contributed by atoms with Gasteiger partial charge in [0, 0.05) is 24.2 Å². The first-order valence-corrected chi connectivity index (χ1v) is 6.07. The maximum atomic E-state index is 9.24. The first kappa shape index (κ1) is 10.7. The number of hydrogen-bond acceptors (Lipinski definition) is 3. The summed E-state index contributed by atoms with van der Waals surface area (Å²) in [5, 5.41) is 13.9. The zero-order chi connectivity index (χ0) is 11.7. The lowest BCUT2D eigenvalue weighted by Gasteiger charge is -2.32. The summed E-state index contributed by atoms with van der Waals surface area (Å²) < 4.78 is 0. The minimum absolute atomic E-state index is 0.0957. The minimum Gasteiger partial charge on any atom is -0.393 e. The number of para-hydroxylation sites is 1. The van der Waals surface area contributed by atoms with Crippen molar-refractivity contribution in [2.24, 2.45) is 0 Å². The van der Waals surface area contributed by atoms with Gasteiger partial charge in [-0.3, -0.25) is 4.98 Å². The first-order chi connectivity index (χ1) is 8.33. The average Bonchev–Trinajstić information content (AvgIpc) is 2.33. The molecule has 1 aromatic heterocycles. The van der Waals surface area contributed by atoms with Crippen molar-refractivity contribution in [3.63, 3.8) is 0 Å². The molecule has 1 aliphatic rings. The summed E-state index contributed by atoms with van der Waals surface area (Å²) in [5.74, 6) is 0. The van der Waals surface area contributed by atoms with Crippen LogP contribution in [-0.2, 0) is 6.54 Å². The minimum atomic E-state index is -0.0957. The highest BCUT2D eigenvalue weighted by atomic mass is 16.3. The van der Waals surface area contributed by atoms with Gasteiger partial charge in [0.1, 0.15) is 0 Å². The van der Waals surface area contributed by atoms with E-state index in [2.05, 4.69) is 22.4 Å². The topological polar surface area (TPSA) is 45.1 Å². The molecule has 0 saturated heterocycles. The quantitative estimate of drug-likeness (QED) is 0.842. The lowest BCUT2D eigenvalue weighted by atomic mass is 9.89. The summed E-state index contributed by atoms with van der Waals surface area (Å²) in [6.07, 6.45) is 3.52. The Morgan fingerprint density at radius 3 is 2.88 bits per heavy atom. The average molecular weight is 228 g/mol. The van der Waals surface area contributed by atoms with E-state index in [1.165, 1.54) is 10.9 Å². The normalized spacial score (nSPS) is 23.6. The lowest BCUT2D eigenvalue weighted by molar-refractivity contribution is 0.0620. The number of rotatable bonds is 3. The van der Waals surface area contributed by atoms with Crippen LogP contribution in [0.25, 0.3) is 10.9 Å². The molecule has 1 saturated carbocycles. The number of benzene rings is 1. The molecule has 1 fully saturated rings. The molecule has 2 N–H and O–H groups in total. The van der Waals surface area contributed by atoms with E-state index < -0.39 is 0 Å². The number of aromatic nitrogens is 1. The van der Waals surface area contributed by atoms with Crippen LogP contribution >= 0.6 is 0 Å². The van der Waals surface area contributed by atoms with Crippen molar-refractivity contribution in [3.8, 4) is 0 Å². The van der Waals surface area contributed by atoms with Crippen molar-refractivity contribution in [1.29, 1.82) is 0 Å². The SMILES string of the molecule is OC1CC(NCc2ccnc3ccccc23)C1. The van der Waals surface area contributed by atoms with Crippen LogP contribution in [0.2, 0.25) is 0 Å². The van der Waals surface area contributed by atoms with Gasteiger partial charge in [-0.25, -0.2) is 0 Å². The third-order valence-electron chi connectivity index (χ3n) is 3.43. The molecule has 1 heterocycles. The fourth-order valence-corrected chi connectivity index (χ4v) is 2.32. The summed E-state index contributed by atoms with van der Waals surface area (Å²) >= 11 is 0. The molecule has 0 atom stereocenters. The van der Waals surface area contributed by atoms with E-state index in [9.17, 15) is 5.11 Å². The van der Waals surface area contributed by atoms with Gasteiger partial charge in [0.25, 0.3) is 0 Å². The number of nitrogens with zero attached hydrogens (tertiary/aromatic N) is 1. The van der Waals surface area contributed by atoms with Crippen LogP contribution in [0.1, 0.15) is 18.4 Å². The summed E-state index contributed by atoms with van der Waals surface area (Å²) in [4.78, 5) is 4.35. The van der Waals surface area contributed by atoms with Gasteiger partial charge >= 0.3 is 0 Å². The molecule has 1 aromatic carbocycles. The standard InChI is InChI=1S/C14H16N2O/c17-12-7-11(8-12)16-9-10-5-6-15-14-4-2-1-3-13(10)14/h1-6,11-12,16-17H,7-9H2. The highest BCUT2D eigenvalue weighted by Gasteiger charge is 2.26. The van der Waals surface area contributed by atoms with Crippen molar-refractivity contribution in [2.45, 2.75) is 31.5 Å². The third-order valence-corrected chi connectivity index (χ3v) is 3.43. The zero-order valence-electron chi connectivity index (χ0n) is 9.63. The molecular formula is C14H16N2O. The highest BCUT2D eigenvalue weighted by molar-refractivity contribution is 5.81. The Labute approximate surface area is 100 Å². The molecule has 3 rings (SSSR count). The zero-order valence-corrected chi connectivity index (χ0v) is 9.63. The van der Waals surface area contributed by atoms with E-state index in [1.54, 1.807) is 0 Å². The van der Waals surface area contributed by atoms with E-state index in [0.29, 0.717) is 6.04 Å². The molecule has 3 nitrogen and oxygen atoms in total. The van der Waals surface area contributed by atoms with Crippen LogP contribution in [0.4, 0.5) is 0 Å². The maximum Gasteiger partial charge on any atom is 0.0705 e. The fourth-order valence-electron chi connectivity index (χ4n) is 2.32. The molecule has 3 heteroatoms. The molecule has 17 heavy (non-hydrogen) atoms. The van der Waals surface area contributed by atoms with Gasteiger partial charge in [0.2, 0.25) is 0 Å². The van der Waals surface area contributed by atoms with Crippen LogP contribution in [-0.4, -0.2) is 22.2 Å². The largest absolute Gasteiger partial charge is 0.393 e. The second-order valence-electron chi connectivity index (χ2n) is 4.69. The van der Waals surface area contributed by atoms with Gasteiger partial charge in [-0.15, -0.1) is 0 Å². The van der Waals surface area contributed by atoms with Gasteiger partial charge in [-0.05, 0) is 30.5 Å². The van der Waals surface area contributed by atoms with Crippen LogP contribution < -0.4 is 5.32 Å². The first-order valence-electron chi connectivity index (χ1n) is 6.07. The third kappa shape index (κ3) is 2.16. The molecule has 0 radical (unpaired) electrons. The Morgan fingerprint density at radius 2 is 2.06 bits per heavy atom. The van der Waals surface area contributed by atoms with Crippen molar-refractivity contribution in [1.82, 2.24) is 10.3 Å². The Balaban J connectivity index is 1.76. The Kier molecular flexibility index (Phi) is 2.79. The Bertz CT molecular complexity index is 515. The second-order valence-corrected chi connectivity index (χ2v) is 4.69. The van der Waals surface area contributed by atoms with Crippen LogP contribution in [0.5, 0.6) is 0 Å². The molecule has 0 amide bonds. The van der Waals surface area contributed by atoms with E-state index in [1.807, 2.05) is 24.4 Å². The number of aliphatic hydroxyl groups excluding tert-OH is 1. The van der Waals surface area contributed by atoms with E-state index >= 15 is 0 Å². The van der Waals surface area contributed by atoms with Crippen molar-refractivity contribution in [3.05, 3.63) is 42.1 Å².